The largest absolute Gasteiger partial charge is 0.497 e. The van der Waals surface area contributed by atoms with E-state index in [1.165, 1.54) is 20.3 Å². The van der Waals surface area contributed by atoms with E-state index in [0.29, 0.717) is 11.5 Å². The van der Waals surface area contributed by atoms with Crippen LogP contribution in [0, 0.1) is 0 Å². The number of hydrogen-bond donors (Lipinski definition) is 1. The average molecular weight is 373 g/mol. The van der Waals surface area contributed by atoms with Gasteiger partial charge >= 0.3 is 5.97 Å². The molecule has 1 unspecified atom stereocenters. The second kappa shape index (κ2) is 9.47. The van der Waals surface area contributed by atoms with Gasteiger partial charge in [0.25, 0.3) is 5.91 Å². The standard InChI is InChI=1S/C20H23NO6/c1-13(14-5-8-16(24-2)9-6-14)21-19(22)12-27-20(23)15-7-10-17(25-3)18(11-15)26-4/h5-11,13H,12H2,1-4H3,(H,21,22). The van der Waals surface area contributed by atoms with Crippen molar-refractivity contribution in [1.82, 2.24) is 5.32 Å². The molecule has 1 atom stereocenters. The molecule has 2 aromatic carbocycles. The minimum Gasteiger partial charge on any atom is -0.497 e. The number of amides is 1. The van der Waals surface area contributed by atoms with Crippen molar-refractivity contribution in [3.63, 3.8) is 0 Å². The van der Waals surface area contributed by atoms with Crippen molar-refractivity contribution in [2.75, 3.05) is 27.9 Å². The zero-order valence-electron chi connectivity index (χ0n) is 15.8. The summed E-state index contributed by atoms with van der Waals surface area (Å²) < 4.78 is 20.4. The molecule has 27 heavy (non-hydrogen) atoms. The maximum atomic E-state index is 12.1. The van der Waals surface area contributed by atoms with Crippen molar-refractivity contribution >= 4 is 11.9 Å². The van der Waals surface area contributed by atoms with E-state index in [2.05, 4.69) is 5.32 Å². The van der Waals surface area contributed by atoms with Gasteiger partial charge in [-0.3, -0.25) is 4.79 Å². The highest BCUT2D eigenvalue weighted by atomic mass is 16.5. The topological polar surface area (TPSA) is 83.1 Å². The molecule has 0 aromatic heterocycles. The lowest BCUT2D eigenvalue weighted by molar-refractivity contribution is -0.124. The van der Waals surface area contributed by atoms with Crippen LogP contribution < -0.4 is 19.5 Å². The van der Waals surface area contributed by atoms with Crippen molar-refractivity contribution in [3.8, 4) is 17.2 Å². The third-order valence-corrected chi connectivity index (χ3v) is 3.95. The predicted molar refractivity (Wildman–Crippen MR) is 99.4 cm³/mol. The van der Waals surface area contributed by atoms with Crippen LogP contribution in [0.4, 0.5) is 0 Å². The van der Waals surface area contributed by atoms with Crippen LogP contribution in [0.15, 0.2) is 42.5 Å². The van der Waals surface area contributed by atoms with E-state index in [9.17, 15) is 9.59 Å². The maximum Gasteiger partial charge on any atom is 0.338 e. The number of rotatable bonds is 8. The van der Waals surface area contributed by atoms with E-state index in [0.717, 1.165) is 11.3 Å². The van der Waals surface area contributed by atoms with Gasteiger partial charge in [0, 0.05) is 0 Å². The van der Waals surface area contributed by atoms with Gasteiger partial charge in [0.1, 0.15) is 5.75 Å². The minimum absolute atomic E-state index is 0.233. The van der Waals surface area contributed by atoms with Gasteiger partial charge in [0.2, 0.25) is 0 Å². The molecule has 2 aromatic rings. The fraction of sp³-hybridized carbons (Fsp3) is 0.300. The fourth-order valence-corrected chi connectivity index (χ4v) is 2.44. The third kappa shape index (κ3) is 5.37. The Labute approximate surface area is 158 Å². The van der Waals surface area contributed by atoms with Crippen LogP contribution in [-0.2, 0) is 9.53 Å². The molecule has 0 bridgehead atoms. The second-order valence-corrected chi connectivity index (χ2v) is 5.71. The van der Waals surface area contributed by atoms with Gasteiger partial charge in [0.15, 0.2) is 18.1 Å². The normalized spacial score (nSPS) is 11.3. The van der Waals surface area contributed by atoms with Crippen LogP contribution in [0.3, 0.4) is 0 Å². The number of methoxy groups -OCH3 is 3. The molecule has 0 radical (unpaired) electrons. The fourth-order valence-electron chi connectivity index (χ4n) is 2.44. The molecule has 144 valence electrons. The molecular formula is C20H23NO6. The molecule has 0 fully saturated rings. The number of benzene rings is 2. The Morgan fingerprint density at radius 1 is 0.926 bits per heavy atom. The molecule has 0 aliphatic rings. The van der Waals surface area contributed by atoms with Crippen LogP contribution in [0.1, 0.15) is 28.9 Å². The first-order chi connectivity index (χ1) is 13.0. The molecule has 0 heterocycles. The van der Waals surface area contributed by atoms with Crippen molar-refractivity contribution in [1.29, 1.82) is 0 Å². The average Bonchev–Trinajstić information content (AvgIpc) is 2.71. The maximum absolute atomic E-state index is 12.1. The Bertz CT molecular complexity index is 788. The smallest absolute Gasteiger partial charge is 0.338 e. The monoisotopic (exact) mass is 373 g/mol. The van der Waals surface area contributed by atoms with Gasteiger partial charge in [0.05, 0.1) is 32.9 Å². The molecule has 0 aliphatic carbocycles. The van der Waals surface area contributed by atoms with Gasteiger partial charge < -0.3 is 24.3 Å². The number of carbonyl (C=O) groups is 2. The Morgan fingerprint density at radius 2 is 1.59 bits per heavy atom. The summed E-state index contributed by atoms with van der Waals surface area (Å²) in [5.74, 6) is 0.626. The van der Waals surface area contributed by atoms with E-state index < -0.39 is 11.9 Å². The van der Waals surface area contributed by atoms with Crippen molar-refractivity contribution in [3.05, 3.63) is 53.6 Å². The number of nitrogens with one attached hydrogen (secondary N) is 1. The van der Waals surface area contributed by atoms with Gasteiger partial charge in [-0.05, 0) is 42.8 Å². The summed E-state index contributed by atoms with van der Waals surface area (Å²) in [5, 5.41) is 2.78. The van der Waals surface area contributed by atoms with E-state index in [1.807, 2.05) is 31.2 Å². The highest BCUT2D eigenvalue weighted by Crippen LogP contribution is 2.27. The van der Waals surface area contributed by atoms with Crippen LogP contribution in [0.5, 0.6) is 17.2 Å². The summed E-state index contributed by atoms with van der Waals surface area (Å²) in [6, 6.07) is 11.8. The molecule has 0 spiro atoms. The van der Waals surface area contributed by atoms with E-state index >= 15 is 0 Å². The van der Waals surface area contributed by atoms with Crippen molar-refractivity contribution < 1.29 is 28.5 Å². The molecule has 7 heteroatoms. The molecule has 0 saturated carbocycles. The van der Waals surface area contributed by atoms with E-state index in [4.69, 9.17) is 18.9 Å². The Morgan fingerprint density at radius 3 is 2.19 bits per heavy atom. The van der Waals surface area contributed by atoms with Crippen LogP contribution >= 0.6 is 0 Å². The lowest BCUT2D eigenvalue weighted by Gasteiger charge is -2.15. The SMILES string of the molecule is COc1ccc(C(C)NC(=O)COC(=O)c2ccc(OC)c(OC)c2)cc1. The Balaban J connectivity index is 1.89. The summed E-state index contributed by atoms with van der Waals surface area (Å²) in [6.45, 7) is 1.46. The molecule has 0 aliphatic heterocycles. The van der Waals surface area contributed by atoms with E-state index in [-0.39, 0.29) is 18.2 Å². The molecular weight excluding hydrogens is 350 g/mol. The molecule has 1 N–H and O–H groups in total. The lowest BCUT2D eigenvalue weighted by atomic mass is 10.1. The lowest BCUT2D eigenvalue weighted by Crippen LogP contribution is -2.31. The molecule has 2 rings (SSSR count). The third-order valence-electron chi connectivity index (χ3n) is 3.95. The van der Waals surface area contributed by atoms with Crippen molar-refractivity contribution in [2.45, 2.75) is 13.0 Å². The van der Waals surface area contributed by atoms with Gasteiger partial charge in [-0.1, -0.05) is 12.1 Å². The van der Waals surface area contributed by atoms with Crippen LogP contribution in [0.2, 0.25) is 0 Å². The number of hydrogen-bond acceptors (Lipinski definition) is 6. The quantitative estimate of drug-likeness (QED) is 0.717. The number of carbonyl (C=O) groups excluding carboxylic acids is 2. The minimum atomic E-state index is -0.622. The first-order valence-electron chi connectivity index (χ1n) is 8.31. The first kappa shape index (κ1) is 20.1. The van der Waals surface area contributed by atoms with Gasteiger partial charge in [-0.25, -0.2) is 4.79 Å². The number of esters is 1. The zero-order chi connectivity index (χ0) is 19.8. The molecule has 7 nitrogen and oxygen atoms in total. The summed E-state index contributed by atoms with van der Waals surface area (Å²) in [5.41, 5.74) is 1.18. The highest BCUT2D eigenvalue weighted by molar-refractivity contribution is 5.92. The number of ether oxygens (including phenoxy) is 4. The molecule has 0 saturated heterocycles. The van der Waals surface area contributed by atoms with Crippen molar-refractivity contribution in [2.24, 2.45) is 0 Å². The van der Waals surface area contributed by atoms with Gasteiger partial charge in [-0.15, -0.1) is 0 Å². The zero-order valence-corrected chi connectivity index (χ0v) is 15.8. The van der Waals surface area contributed by atoms with E-state index in [1.54, 1.807) is 19.2 Å². The predicted octanol–water partition coefficient (Wildman–Crippen LogP) is 2.75. The second-order valence-electron chi connectivity index (χ2n) is 5.71. The van der Waals surface area contributed by atoms with Crippen LogP contribution in [-0.4, -0.2) is 39.8 Å². The summed E-state index contributed by atoms with van der Waals surface area (Å²) >= 11 is 0. The van der Waals surface area contributed by atoms with Gasteiger partial charge in [-0.2, -0.15) is 0 Å². The summed E-state index contributed by atoms with van der Waals surface area (Å²) in [6.07, 6.45) is 0. The molecule has 1 amide bonds. The highest BCUT2D eigenvalue weighted by Gasteiger charge is 2.15. The Kier molecular flexibility index (Phi) is 7.05. The Hall–Kier alpha value is -3.22. The van der Waals surface area contributed by atoms with Crippen LogP contribution in [0.25, 0.3) is 0 Å². The first-order valence-corrected chi connectivity index (χ1v) is 8.31. The summed E-state index contributed by atoms with van der Waals surface area (Å²) in [4.78, 5) is 24.2. The summed E-state index contributed by atoms with van der Waals surface area (Å²) in [7, 11) is 4.57.